The molecular weight excluding hydrogens is 388 g/mol. The molecule has 2 aliphatic rings. The first-order valence-corrected chi connectivity index (χ1v) is 11.7. The van der Waals surface area contributed by atoms with Crippen molar-refractivity contribution in [2.24, 2.45) is 0 Å². The number of pyridine rings is 1. The third-order valence-electron chi connectivity index (χ3n) is 6.46. The molecule has 1 aliphatic carbocycles. The van der Waals surface area contributed by atoms with Gasteiger partial charge in [-0.2, -0.15) is 9.97 Å². The highest BCUT2D eigenvalue weighted by Crippen LogP contribution is 2.32. The highest BCUT2D eigenvalue weighted by Gasteiger charge is 2.24. The van der Waals surface area contributed by atoms with Gasteiger partial charge in [0.2, 0.25) is 5.95 Å². The monoisotopic (exact) mass is 420 g/mol. The molecule has 0 unspecified atom stereocenters. The third-order valence-corrected chi connectivity index (χ3v) is 6.46. The van der Waals surface area contributed by atoms with Crippen molar-refractivity contribution in [3.63, 3.8) is 0 Å². The Morgan fingerprint density at radius 1 is 0.968 bits per heavy atom. The minimum absolute atomic E-state index is 0.501. The summed E-state index contributed by atoms with van der Waals surface area (Å²) in [6.07, 6.45) is 11.2. The lowest BCUT2D eigenvalue weighted by atomic mass is 9.95. The van der Waals surface area contributed by atoms with Crippen molar-refractivity contribution < 1.29 is 0 Å². The maximum Gasteiger partial charge on any atom is 0.229 e. The SMILES string of the molecule is CCCNc1nc(N2CCN(c3ccccn3)CC2)nc2c1ncn2C1CCCCC1. The summed E-state index contributed by atoms with van der Waals surface area (Å²) in [5.74, 6) is 2.71. The van der Waals surface area contributed by atoms with Crippen LogP contribution in [0.2, 0.25) is 0 Å². The zero-order valence-corrected chi connectivity index (χ0v) is 18.4. The Labute approximate surface area is 183 Å². The molecule has 31 heavy (non-hydrogen) atoms. The molecule has 0 atom stereocenters. The van der Waals surface area contributed by atoms with Crippen molar-refractivity contribution in [2.75, 3.05) is 47.8 Å². The molecule has 1 saturated carbocycles. The molecule has 2 fully saturated rings. The van der Waals surface area contributed by atoms with Gasteiger partial charge in [-0.3, -0.25) is 0 Å². The summed E-state index contributed by atoms with van der Waals surface area (Å²) in [4.78, 5) is 23.8. The number of rotatable bonds is 6. The Morgan fingerprint density at radius 3 is 2.52 bits per heavy atom. The van der Waals surface area contributed by atoms with Crippen LogP contribution in [-0.2, 0) is 0 Å². The second-order valence-corrected chi connectivity index (χ2v) is 8.58. The van der Waals surface area contributed by atoms with Gasteiger partial charge < -0.3 is 19.7 Å². The second-order valence-electron chi connectivity index (χ2n) is 8.58. The first kappa shape index (κ1) is 20.0. The van der Waals surface area contributed by atoms with Gasteiger partial charge in [-0.05, 0) is 31.4 Å². The highest BCUT2D eigenvalue weighted by atomic mass is 15.3. The molecule has 3 aromatic heterocycles. The molecule has 0 spiro atoms. The Hall–Kier alpha value is -2.90. The van der Waals surface area contributed by atoms with E-state index in [0.717, 1.165) is 67.9 Å². The lowest BCUT2D eigenvalue weighted by molar-refractivity contribution is 0.358. The van der Waals surface area contributed by atoms with Crippen LogP contribution < -0.4 is 15.1 Å². The van der Waals surface area contributed by atoms with Crippen LogP contribution in [-0.4, -0.2) is 57.2 Å². The number of hydrogen-bond acceptors (Lipinski definition) is 7. The van der Waals surface area contributed by atoms with Crippen LogP contribution in [0.5, 0.6) is 0 Å². The normalized spacial score (nSPS) is 18.0. The van der Waals surface area contributed by atoms with Gasteiger partial charge in [0.15, 0.2) is 17.0 Å². The van der Waals surface area contributed by atoms with Crippen LogP contribution in [0, 0.1) is 0 Å². The molecule has 1 saturated heterocycles. The minimum Gasteiger partial charge on any atom is -0.368 e. The quantitative estimate of drug-likeness (QED) is 0.649. The van der Waals surface area contributed by atoms with Gasteiger partial charge in [0.05, 0.1) is 6.33 Å². The zero-order chi connectivity index (χ0) is 21.0. The molecule has 164 valence electrons. The smallest absolute Gasteiger partial charge is 0.229 e. The van der Waals surface area contributed by atoms with Crippen LogP contribution in [0.3, 0.4) is 0 Å². The standard InChI is InChI=1S/C23H32N8/c1-2-11-25-21-20-22(31(17-26-20)18-8-4-3-5-9-18)28-23(27-21)30-15-13-29(14-16-30)19-10-6-7-12-24-19/h6-7,10,12,17-18H,2-5,8-9,11,13-16H2,1H3,(H,25,27,28). The molecule has 1 N–H and O–H groups in total. The average molecular weight is 421 g/mol. The number of imidazole rings is 1. The summed E-state index contributed by atoms with van der Waals surface area (Å²) in [5, 5.41) is 3.49. The van der Waals surface area contributed by atoms with Crippen LogP contribution >= 0.6 is 0 Å². The van der Waals surface area contributed by atoms with E-state index in [-0.39, 0.29) is 0 Å². The fourth-order valence-corrected chi connectivity index (χ4v) is 4.72. The van der Waals surface area contributed by atoms with E-state index in [1.54, 1.807) is 0 Å². The van der Waals surface area contributed by atoms with Gasteiger partial charge >= 0.3 is 0 Å². The predicted octanol–water partition coefficient (Wildman–Crippen LogP) is 3.88. The van der Waals surface area contributed by atoms with Crippen molar-refractivity contribution >= 4 is 28.7 Å². The van der Waals surface area contributed by atoms with Crippen LogP contribution in [0.4, 0.5) is 17.6 Å². The number of nitrogens with one attached hydrogen (secondary N) is 1. The molecule has 1 aliphatic heterocycles. The third kappa shape index (κ3) is 4.16. The maximum absolute atomic E-state index is 5.04. The van der Waals surface area contributed by atoms with E-state index in [0.29, 0.717) is 6.04 Å². The number of hydrogen-bond donors (Lipinski definition) is 1. The number of nitrogens with zero attached hydrogens (tertiary/aromatic N) is 7. The van der Waals surface area contributed by atoms with E-state index < -0.39 is 0 Å². The van der Waals surface area contributed by atoms with Crippen molar-refractivity contribution in [1.29, 1.82) is 0 Å². The lowest BCUT2D eigenvalue weighted by Gasteiger charge is -2.35. The van der Waals surface area contributed by atoms with E-state index >= 15 is 0 Å². The van der Waals surface area contributed by atoms with E-state index in [1.165, 1.54) is 32.1 Å². The summed E-state index contributed by atoms with van der Waals surface area (Å²) in [6, 6.07) is 6.59. The first-order chi connectivity index (χ1) is 15.3. The molecule has 3 aromatic rings. The summed E-state index contributed by atoms with van der Waals surface area (Å²) >= 11 is 0. The van der Waals surface area contributed by atoms with Gasteiger partial charge in [0, 0.05) is 45.0 Å². The van der Waals surface area contributed by atoms with E-state index in [9.17, 15) is 0 Å². The van der Waals surface area contributed by atoms with Crippen molar-refractivity contribution in [3.05, 3.63) is 30.7 Å². The summed E-state index contributed by atoms with van der Waals surface area (Å²) < 4.78 is 2.31. The number of anilines is 3. The lowest BCUT2D eigenvalue weighted by Crippen LogP contribution is -2.47. The van der Waals surface area contributed by atoms with Gasteiger partial charge in [0.25, 0.3) is 0 Å². The highest BCUT2D eigenvalue weighted by molar-refractivity contribution is 5.84. The number of piperazine rings is 1. The van der Waals surface area contributed by atoms with Gasteiger partial charge in [-0.25, -0.2) is 9.97 Å². The Morgan fingerprint density at radius 2 is 1.77 bits per heavy atom. The largest absolute Gasteiger partial charge is 0.368 e. The second kappa shape index (κ2) is 9.08. The van der Waals surface area contributed by atoms with Gasteiger partial charge in [0.1, 0.15) is 5.82 Å². The molecule has 8 nitrogen and oxygen atoms in total. The summed E-state index contributed by atoms with van der Waals surface area (Å²) in [7, 11) is 0. The first-order valence-electron chi connectivity index (χ1n) is 11.7. The van der Waals surface area contributed by atoms with Gasteiger partial charge in [-0.15, -0.1) is 0 Å². The molecule has 5 rings (SSSR count). The number of aromatic nitrogens is 5. The Bertz CT molecular complexity index is 987. The van der Waals surface area contributed by atoms with E-state index in [4.69, 9.17) is 15.0 Å². The Balaban J connectivity index is 1.42. The molecule has 8 heteroatoms. The number of fused-ring (bicyclic) bond motifs is 1. The zero-order valence-electron chi connectivity index (χ0n) is 18.4. The van der Waals surface area contributed by atoms with Gasteiger partial charge in [-0.1, -0.05) is 32.3 Å². The minimum atomic E-state index is 0.501. The summed E-state index contributed by atoms with van der Waals surface area (Å²) in [6.45, 7) is 6.65. The van der Waals surface area contributed by atoms with E-state index in [1.807, 2.05) is 24.7 Å². The fourth-order valence-electron chi connectivity index (χ4n) is 4.72. The maximum atomic E-state index is 5.04. The van der Waals surface area contributed by atoms with Crippen molar-refractivity contribution in [3.8, 4) is 0 Å². The summed E-state index contributed by atoms with van der Waals surface area (Å²) in [5.41, 5.74) is 1.87. The van der Waals surface area contributed by atoms with Crippen LogP contribution in [0.1, 0.15) is 51.5 Å². The molecule has 0 amide bonds. The fraction of sp³-hybridized carbons (Fsp3) is 0.565. The molecule has 0 bridgehead atoms. The Kier molecular flexibility index (Phi) is 5.86. The molecule has 4 heterocycles. The van der Waals surface area contributed by atoms with Crippen LogP contribution in [0.15, 0.2) is 30.7 Å². The predicted molar refractivity (Wildman–Crippen MR) is 125 cm³/mol. The molecule has 0 aromatic carbocycles. The van der Waals surface area contributed by atoms with E-state index in [2.05, 4.69) is 37.7 Å². The average Bonchev–Trinajstić information content (AvgIpc) is 3.28. The topological polar surface area (TPSA) is 75.0 Å². The van der Waals surface area contributed by atoms with Crippen LogP contribution in [0.25, 0.3) is 11.2 Å². The molecule has 0 radical (unpaired) electrons. The van der Waals surface area contributed by atoms with Crippen molar-refractivity contribution in [2.45, 2.75) is 51.5 Å². The molecular formula is C23H32N8. The van der Waals surface area contributed by atoms with Crippen molar-refractivity contribution in [1.82, 2.24) is 24.5 Å².